The fourth-order valence-electron chi connectivity index (χ4n) is 4.59. The number of carbonyl (C=O) groups is 2. The summed E-state index contributed by atoms with van der Waals surface area (Å²) in [6.45, 7) is 2.18. The molecule has 0 N–H and O–H groups in total. The van der Waals surface area contributed by atoms with E-state index in [0.29, 0.717) is 22.3 Å². The van der Waals surface area contributed by atoms with Crippen molar-refractivity contribution in [3.8, 4) is 0 Å². The van der Waals surface area contributed by atoms with Gasteiger partial charge >= 0.3 is 0 Å². The predicted molar refractivity (Wildman–Crippen MR) is 132 cm³/mol. The van der Waals surface area contributed by atoms with Crippen LogP contribution in [0.5, 0.6) is 0 Å². The number of rotatable bonds is 8. The number of aryl methyl sites for hydroxylation is 1. The molecule has 4 rings (SSSR count). The van der Waals surface area contributed by atoms with E-state index in [9.17, 15) is 9.59 Å². The quantitative estimate of drug-likeness (QED) is 0.453. The average molecular weight is 449 g/mol. The van der Waals surface area contributed by atoms with Gasteiger partial charge in [-0.1, -0.05) is 74.7 Å². The first-order valence-electron chi connectivity index (χ1n) is 11.8. The molecule has 168 valence electrons. The number of benzene rings is 2. The molecular weight excluding hydrogens is 416 g/mol. The first-order valence-corrected chi connectivity index (χ1v) is 12.6. The van der Waals surface area contributed by atoms with Crippen LogP contribution < -0.4 is 4.90 Å². The Kier molecular flexibility index (Phi) is 7.36. The van der Waals surface area contributed by atoms with Crippen molar-refractivity contribution >= 4 is 29.3 Å². The van der Waals surface area contributed by atoms with Crippen LogP contribution in [0.1, 0.15) is 57.4 Å². The maximum absolute atomic E-state index is 13.7. The average Bonchev–Trinajstić information content (AvgIpc) is 3.08. The lowest BCUT2D eigenvalue weighted by Crippen LogP contribution is -2.38. The third kappa shape index (κ3) is 4.78. The van der Waals surface area contributed by atoms with E-state index in [1.165, 1.54) is 41.5 Å². The van der Waals surface area contributed by atoms with Crippen LogP contribution in [0.3, 0.4) is 0 Å². The number of imide groups is 1. The lowest BCUT2D eigenvalue weighted by atomic mass is 9.94. The summed E-state index contributed by atoms with van der Waals surface area (Å²) in [6.07, 6.45) is 9.03. The minimum absolute atomic E-state index is 0.206. The number of carbonyl (C=O) groups excluding carboxylic acids is 2. The van der Waals surface area contributed by atoms with Gasteiger partial charge in [-0.15, -0.1) is 0 Å². The summed E-state index contributed by atoms with van der Waals surface area (Å²) < 4.78 is 0. The standard InChI is InChI=1S/C27H32N2O2S/c1-3-4-11-20-16-18-22(19-17-20)29-26(30)24(28(2)21-12-7-5-8-13-21)25(27(29)31)32-23-14-9-6-10-15-23/h6,9-10,14-19,21H,3-5,7-8,11-13H2,1-2H3. The lowest BCUT2D eigenvalue weighted by Gasteiger charge is -2.33. The highest BCUT2D eigenvalue weighted by Gasteiger charge is 2.43. The molecule has 4 nitrogen and oxygen atoms in total. The van der Waals surface area contributed by atoms with Crippen LogP contribution in [0.25, 0.3) is 0 Å². The Labute approximate surface area is 195 Å². The third-order valence-corrected chi connectivity index (χ3v) is 7.55. The van der Waals surface area contributed by atoms with Crippen LogP contribution in [-0.2, 0) is 16.0 Å². The predicted octanol–water partition coefficient (Wildman–Crippen LogP) is 6.17. The van der Waals surface area contributed by atoms with Crippen molar-refractivity contribution in [1.29, 1.82) is 0 Å². The van der Waals surface area contributed by atoms with Gasteiger partial charge in [-0.3, -0.25) is 9.59 Å². The van der Waals surface area contributed by atoms with E-state index in [1.54, 1.807) is 0 Å². The normalized spacial score (nSPS) is 17.4. The summed E-state index contributed by atoms with van der Waals surface area (Å²) in [5.74, 6) is -0.425. The molecule has 0 unspecified atom stereocenters. The third-order valence-electron chi connectivity index (χ3n) is 6.47. The molecular formula is C27H32N2O2S. The summed E-state index contributed by atoms with van der Waals surface area (Å²) >= 11 is 1.40. The van der Waals surface area contributed by atoms with Crippen molar-refractivity contribution in [2.24, 2.45) is 0 Å². The highest BCUT2D eigenvalue weighted by molar-refractivity contribution is 8.04. The zero-order chi connectivity index (χ0) is 22.5. The zero-order valence-electron chi connectivity index (χ0n) is 19.0. The first kappa shape index (κ1) is 22.7. The Balaban J connectivity index is 1.65. The van der Waals surface area contributed by atoms with Gasteiger partial charge in [-0.25, -0.2) is 4.90 Å². The Morgan fingerprint density at radius 1 is 0.938 bits per heavy atom. The number of unbranched alkanes of at least 4 members (excludes halogenated alkanes) is 1. The monoisotopic (exact) mass is 448 g/mol. The van der Waals surface area contributed by atoms with Gasteiger partial charge in [-0.2, -0.15) is 0 Å². The maximum atomic E-state index is 13.7. The van der Waals surface area contributed by atoms with Crippen LogP contribution in [0.15, 0.2) is 70.1 Å². The fourth-order valence-corrected chi connectivity index (χ4v) is 5.62. The van der Waals surface area contributed by atoms with Crippen LogP contribution in [-0.4, -0.2) is 29.8 Å². The van der Waals surface area contributed by atoms with Gasteiger partial charge in [0.2, 0.25) is 0 Å². The molecule has 1 aliphatic carbocycles. The van der Waals surface area contributed by atoms with Gasteiger partial charge in [0.1, 0.15) is 10.6 Å². The van der Waals surface area contributed by atoms with Gasteiger partial charge in [0.15, 0.2) is 0 Å². The van der Waals surface area contributed by atoms with Crippen LogP contribution in [0.4, 0.5) is 5.69 Å². The summed E-state index contributed by atoms with van der Waals surface area (Å²) in [5.41, 5.74) is 2.44. The smallest absolute Gasteiger partial charge is 0.283 e. The van der Waals surface area contributed by atoms with Crippen molar-refractivity contribution < 1.29 is 9.59 Å². The Morgan fingerprint density at radius 2 is 1.62 bits per heavy atom. The summed E-state index contributed by atoms with van der Waals surface area (Å²) in [4.78, 5) is 32.2. The van der Waals surface area contributed by atoms with E-state index in [-0.39, 0.29) is 11.8 Å². The van der Waals surface area contributed by atoms with Crippen LogP contribution in [0.2, 0.25) is 0 Å². The Bertz CT molecular complexity index is 978. The first-order chi connectivity index (χ1) is 15.6. The van der Waals surface area contributed by atoms with Gasteiger partial charge in [-0.05, 0) is 55.5 Å². The van der Waals surface area contributed by atoms with Crippen LogP contribution in [0, 0.1) is 0 Å². The number of nitrogens with zero attached hydrogens (tertiary/aromatic N) is 2. The second-order valence-electron chi connectivity index (χ2n) is 8.71. The molecule has 1 heterocycles. The van der Waals surface area contributed by atoms with Gasteiger partial charge in [0.05, 0.1) is 5.69 Å². The van der Waals surface area contributed by atoms with Crippen molar-refractivity contribution in [2.75, 3.05) is 11.9 Å². The number of likely N-dealkylation sites (N-methyl/N-ethyl adjacent to an activating group) is 1. The number of amides is 2. The molecule has 2 aromatic rings. The fraction of sp³-hybridized carbons (Fsp3) is 0.407. The van der Waals surface area contributed by atoms with E-state index < -0.39 is 0 Å². The second-order valence-corrected chi connectivity index (χ2v) is 9.80. The summed E-state index contributed by atoms with van der Waals surface area (Å²) in [6, 6.07) is 18.1. The Morgan fingerprint density at radius 3 is 2.28 bits per heavy atom. The van der Waals surface area contributed by atoms with E-state index >= 15 is 0 Å². The molecule has 1 aliphatic heterocycles. The largest absolute Gasteiger partial charge is 0.366 e. The summed E-state index contributed by atoms with van der Waals surface area (Å²) in [7, 11) is 1.99. The molecule has 32 heavy (non-hydrogen) atoms. The minimum Gasteiger partial charge on any atom is -0.366 e. The molecule has 0 bridgehead atoms. The van der Waals surface area contributed by atoms with Crippen molar-refractivity contribution in [1.82, 2.24) is 4.90 Å². The highest BCUT2D eigenvalue weighted by atomic mass is 32.2. The number of anilines is 1. The summed E-state index contributed by atoms with van der Waals surface area (Å²) in [5, 5.41) is 0. The van der Waals surface area contributed by atoms with E-state index in [1.807, 2.05) is 61.6 Å². The number of hydrogen-bond acceptors (Lipinski definition) is 4. The molecule has 0 spiro atoms. The topological polar surface area (TPSA) is 40.6 Å². The van der Waals surface area contributed by atoms with Crippen molar-refractivity contribution in [3.05, 3.63) is 70.8 Å². The van der Waals surface area contributed by atoms with E-state index in [4.69, 9.17) is 0 Å². The molecule has 1 fully saturated rings. The molecule has 2 amide bonds. The lowest BCUT2D eigenvalue weighted by molar-refractivity contribution is -0.121. The zero-order valence-corrected chi connectivity index (χ0v) is 19.9. The van der Waals surface area contributed by atoms with Crippen LogP contribution >= 0.6 is 11.8 Å². The highest BCUT2D eigenvalue weighted by Crippen LogP contribution is 2.40. The number of thioether (sulfide) groups is 1. The molecule has 5 heteroatoms. The van der Waals surface area contributed by atoms with Crippen molar-refractivity contribution in [3.63, 3.8) is 0 Å². The molecule has 2 aromatic carbocycles. The second kappa shape index (κ2) is 10.4. The molecule has 1 saturated carbocycles. The molecule has 2 aliphatic rings. The van der Waals surface area contributed by atoms with Gasteiger partial charge in [0.25, 0.3) is 11.8 Å². The van der Waals surface area contributed by atoms with Crippen molar-refractivity contribution in [2.45, 2.75) is 69.2 Å². The van der Waals surface area contributed by atoms with E-state index in [2.05, 4.69) is 11.8 Å². The molecule has 0 aromatic heterocycles. The SMILES string of the molecule is CCCCc1ccc(N2C(=O)C(Sc3ccccc3)=C(N(C)C3CCCCC3)C2=O)cc1. The molecule has 0 radical (unpaired) electrons. The Hall–Kier alpha value is -2.53. The maximum Gasteiger partial charge on any atom is 0.283 e. The molecule has 0 atom stereocenters. The molecule has 0 saturated heterocycles. The van der Waals surface area contributed by atoms with Gasteiger partial charge in [0, 0.05) is 18.0 Å². The van der Waals surface area contributed by atoms with E-state index in [0.717, 1.165) is 37.0 Å². The van der Waals surface area contributed by atoms with Gasteiger partial charge < -0.3 is 4.90 Å². The minimum atomic E-state index is -0.220. The number of hydrogen-bond donors (Lipinski definition) is 0.